The number of aliphatic imine (C=N–C) groups is 1. The molecule has 0 atom stereocenters. The van der Waals surface area contributed by atoms with Crippen molar-refractivity contribution in [1.82, 2.24) is 0 Å². The van der Waals surface area contributed by atoms with E-state index >= 15 is 0 Å². The van der Waals surface area contributed by atoms with Gasteiger partial charge in [0.15, 0.2) is 11.5 Å². The van der Waals surface area contributed by atoms with Gasteiger partial charge >= 0.3 is 0 Å². The Hall–Kier alpha value is -2.49. The number of methoxy groups -OCH3 is 1. The van der Waals surface area contributed by atoms with Gasteiger partial charge in [-0.25, -0.2) is 0 Å². The molecule has 2 aromatic rings. The average Bonchev–Trinajstić information content (AvgIpc) is 2.41. The second-order valence-corrected chi connectivity index (χ2v) is 4.16. The summed E-state index contributed by atoms with van der Waals surface area (Å²) in [6.07, 6.45) is 1.67. The quantitative estimate of drug-likeness (QED) is 0.830. The predicted octanol–water partition coefficient (Wildman–Crippen LogP) is 3.17. The van der Waals surface area contributed by atoms with Crippen molar-refractivity contribution >= 4 is 11.9 Å². The number of ether oxygens (including phenoxy) is 1. The summed E-state index contributed by atoms with van der Waals surface area (Å²) < 4.78 is 5.03. The highest BCUT2D eigenvalue weighted by Gasteiger charge is 2.01. The highest BCUT2D eigenvalue weighted by molar-refractivity contribution is 5.83. The van der Waals surface area contributed by atoms with Crippen LogP contribution in [-0.4, -0.2) is 23.5 Å². The highest BCUT2D eigenvalue weighted by atomic mass is 16.5. The van der Waals surface area contributed by atoms with Crippen LogP contribution in [0.5, 0.6) is 17.2 Å². The molecule has 0 fully saturated rings. The van der Waals surface area contributed by atoms with Crippen molar-refractivity contribution in [1.29, 1.82) is 0 Å². The summed E-state index contributed by atoms with van der Waals surface area (Å²) in [4.78, 5) is 4.31. The number of nitrogens with zero attached hydrogens (tertiary/aromatic N) is 1. The molecule has 98 valence electrons. The van der Waals surface area contributed by atoms with E-state index in [2.05, 4.69) is 4.99 Å². The van der Waals surface area contributed by atoms with Crippen molar-refractivity contribution in [2.45, 2.75) is 6.92 Å². The third-order valence-electron chi connectivity index (χ3n) is 2.75. The Balaban J connectivity index is 2.24. The zero-order valence-corrected chi connectivity index (χ0v) is 10.8. The Morgan fingerprint density at radius 3 is 2.47 bits per heavy atom. The van der Waals surface area contributed by atoms with Crippen LogP contribution in [0.3, 0.4) is 0 Å². The molecule has 0 amide bonds. The van der Waals surface area contributed by atoms with E-state index in [9.17, 15) is 10.2 Å². The van der Waals surface area contributed by atoms with Crippen LogP contribution in [0.2, 0.25) is 0 Å². The van der Waals surface area contributed by atoms with Gasteiger partial charge in [-0.15, -0.1) is 0 Å². The van der Waals surface area contributed by atoms with Crippen molar-refractivity contribution in [3.05, 3.63) is 47.5 Å². The summed E-state index contributed by atoms with van der Waals surface area (Å²) in [5, 5.41) is 18.9. The van der Waals surface area contributed by atoms with Crippen molar-refractivity contribution < 1.29 is 14.9 Å². The molecule has 0 aliphatic carbocycles. The van der Waals surface area contributed by atoms with E-state index in [1.54, 1.807) is 42.6 Å². The number of hydrogen-bond acceptors (Lipinski definition) is 4. The fourth-order valence-corrected chi connectivity index (χ4v) is 1.64. The zero-order valence-electron chi connectivity index (χ0n) is 10.8. The van der Waals surface area contributed by atoms with E-state index in [4.69, 9.17) is 4.74 Å². The predicted molar refractivity (Wildman–Crippen MR) is 74.8 cm³/mol. The summed E-state index contributed by atoms with van der Waals surface area (Å²) >= 11 is 0. The van der Waals surface area contributed by atoms with Crippen LogP contribution >= 0.6 is 0 Å². The van der Waals surface area contributed by atoms with E-state index in [-0.39, 0.29) is 11.5 Å². The second-order valence-electron chi connectivity index (χ2n) is 4.16. The van der Waals surface area contributed by atoms with Gasteiger partial charge in [-0.2, -0.15) is 0 Å². The summed E-state index contributed by atoms with van der Waals surface area (Å²) in [5.74, 6) is 0.760. The van der Waals surface area contributed by atoms with Crippen molar-refractivity contribution in [3.8, 4) is 17.2 Å². The van der Waals surface area contributed by atoms with E-state index in [1.807, 2.05) is 6.92 Å². The molecular formula is C15H15NO3. The van der Waals surface area contributed by atoms with Gasteiger partial charge in [0.1, 0.15) is 5.75 Å². The molecule has 0 unspecified atom stereocenters. The average molecular weight is 257 g/mol. The van der Waals surface area contributed by atoms with E-state index in [0.29, 0.717) is 5.75 Å². The molecule has 0 heterocycles. The molecule has 0 saturated heterocycles. The van der Waals surface area contributed by atoms with Crippen LogP contribution in [0.15, 0.2) is 41.4 Å². The highest BCUT2D eigenvalue weighted by Crippen LogP contribution is 2.26. The van der Waals surface area contributed by atoms with Crippen LogP contribution < -0.4 is 4.74 Å². The largest absolute Gasteiger partial charge is 0.508 e. The Morgan fingerprint density at radius 2 is 1.79 bits per heavy atom. The normalized spacial score (nSPS) is 10.8. The Labute approximate surface area is 111 Å². The minimum absolute atomic E-state index is 0.0973. The van der Waals surface area contributed by atoms with Crippen LogP contribution in [0, 0.1) is 6.92 Å². The lowest BCUT2D eigenvalue weighted by atomic mass is 10.2. The molecule has 4 nitrogen and oxygen atoms in total. The standard InChI is InChI=1S/C15H15NO3/c1-10-7-12(4-6-13(10)17)16-9-11-3-5-14(18)15(8-11)19-2/h3-9,17-18H,1-2H3. The summed E-state index contributed by atoms with van der Waals surface area (Å²) in [6, 6.07) is 10.1. The Kier molecular flexibility index (Phi) is 3.71. The van der Waals surface area contributed by atoms with Gasteiger partial charge in [0, 0.05) is 6.21 Å². The van der Waals surface area contributed by atoms with E-state index in [0.717, 1.165) is 16.8 Å². The topological polar surface area (TPSA) is 62.0 Å². The molecule has 4 heteroatoms. The monoisotopic (exact) mass is 257 g/mol. The van der Waals surface area contributed by atoms with Gasteiger partial charge < -0.3 is 14.9 Å². The molecule has 0 radical (unpaired) electrons. The molecule has 0 bridgehead atoms. The second kappa shape index (κ2) is 5.44. The zero-order chi connectivity index (χ0) is 13.8. The summed E-state index contributed by atoms with van der Waals surface area (Å²) in [6.45, 7) is 1.82. The van der Waals surface area contributed by atoms with Gasteiger partial charge in [0.2, 0.25) is 0 Å². The van der Waals surface area contributed by atoms with Gasteiger partial charge in [-0.1, -0.05) is 0 Å². The molecule has 2 N–H and O–H groups in total. The number of rotatable bonds is 3. The fourth-order valence-electron chi connectivity index (χ4n) is 1.64. The number of phenolic OH excluding ortho intramolecular Hbond substituents is 2. The van der Waals surface area contributed by atoms with Crippen LogP contribution in [-0.2, 0) is 0 Å². The molecule has 0 spiro atoms. The lowest BCUT2D eigenvalue weighted by molar-refractivity contribution is 0.373. The first-order valence-corrected chi connectivity index (χ1v) is 5.81. The van der Waals surface area contributed by atoms with E-state index < -0.39 is 0 Å². The number of aromatic hydroxyl groups is 2. The third-order valence-corrected chi connectivity index (χ3v) is 2.75. The first kappa shape index (κ1) is 13.0. The molecular weight excluding hydrogens is 242 g/mol. The minimum atomic E-state index is 0.0973. The molecule has 2 aromatic carbocycles. The van der Waals surface area contributed by atoms with Gasteiger partial charge in [0.05, 0.1) is 12.8 Å². The number of benzene rings is 2. The summed E-state index contributed by atoms with van der Waals surface area (Å²) in [5.41, 5.74) is 2.35. The third kappa shape index (κ3) is 3.04. The first-order chi connectivity index (χ1) is 9.10. The maximum atomic E-state index is 9.49. The molecule has 0 aliphatic rings. The maximum Gasteiger partial charge on any atom is 0.161 e. The lowest BCUT2D eigenvalue weighted by Gasteiger charge is -2.03. The Morgan fingerprint density at radius 1 is 1.05 bits per heavy atom. The summed E-state index contributed by atoms with van der Waals surface area (Å²) in [7, 11) is 1.50. The number of phenols is 2. The van der Waals surface area contributed by atoms with Crippen LogP contribution in [0.4, 0.5) is 5.69 Å². The van der Waals surface area contributed by atoms with Gasteiger partial charge in [-0.3, -0.25) is 4.99 Å². The smallest absolute Gasteiger partial charge is 0.161 e. The number of hydrogen-bond donors (Lipinski definition) is 2. The molecule has 0 aromatic heterocycles. The van der Waals surface area contributed by atoms with Crippen LogP contribution in [0.25, 0.3) is 0 Å². The lowest BCUT2D eigenvalue weighted by Crippen LogP contribution is -1.87. The molecule has 0 saturated carbocycles. The number of aryl methyl sites for hydroxylation is 1. The fraction of sp³-hybridized carbons (Fsp3) is 0.133. The Bertz CT molecular complexity index is 621. The first-order valence-electron chi connectivity index (χ1n) is 5.81. The van der Waals surface area contributed by atoms with Crippen molar-refractivity contribution in [2.24, 2.45) is 4.99 Å². The molecule has 2 rings (SSSR count). The maximum absolute atomic E-state index is 9.49. The van der Waals surface area contributed by atoms with Crippen molar-refractivity contribution in [2.75, 3.05) is 7.11 Å². The van der Waals surface area contributed by atoms with Gasteiger partial charge in [0.25, 0.3) is 0 Å². The van der Waals surface area contributed by atoms with Crippen molar-refractivity contribution in [3.63, 3.8) is 0 Å². The SMILES string of the molecule is COc1cc(C=Nc2ccc(O)c(C)c2)ccc1O. The van der Waals surface area contributed by atoms with Gasteiger partial charge in [-0.05, 0) is 54.4 Å². The molecule has 0 aliphatic heterocycles. The van der Waals surface area contributed by atoms with Crippen LogP contribution in [0.1, 0.15) is 11.1 Å². The van der Waals surface area contributed by atoms with E-state index in [1.165, 1.54) is 7.11 Å². The molecule has 19 heavy (non-hydrogen) atoms. The minimum Gasteiger partial charge on any atom is -0.508 e.